The molecule has 1 unspecified atom stereocenters. The topological polar surface area (TPSA) is 53.4 Å². The number of ether oxygens (including phenoxy) is 2. The fourth-order valence-corrected chi connectivity index (χ4v) is 1.58. The zero-order valence-electron chi connectivity index (χ0n) is 11.3. The van der Waals surface area contributed by atoms with Crippen molar-refractivity contribution >= 4 is 6.09 Å². The Bertz CT molecular complexity index is 505. The number of carbonyl (C=O) groups is 1. The first-order valence-corrected chi connectivity index (χ1v) is 6.09. The summed E-state index contributed by atoms with van der Waals surface area (Å²) in [4.78, 5) is 11.6. The Kier molecular flexibility index (Phi) is 3.43. The number of hydrogen-bond donors (Lipinski definition) is 0. The van der Waals surface area contributed by atoms with E-state index >= 15 is 0 Å². The van der Waals surface area contributed by atoms with Crippen LogP contribution in [0.5, 0.6) is 5.88 Å². The van der Waals surface area contributed by atoms with Gasteiger partial charge in [0.25, 0.3) is 0 Å². The lowest BCUT2D eigenvalue weighted by molar-refractivity contribution is -0.153. The van der Waals surface area contributed by atoms with E-state index in [1.54, 1.807) is 20.8 Å². The van der Waals surface area contributed by atoms with Crippen molar-refractivity contribution < 1.29 is 27.4 Å². The largest absolute Gasteiger partial charge is 0.473 e. The Hall–Kier alpha value is -1.73. The minimum atomic E-state index is -4.25. The summed E-state index contributed by atoms with van der Waals surface area (Å²) in [5.41, 5.74) is -0.679. The van der Waals surface area contributed by atoms with E-state index in [1.165, 1.54) is 12.3 Å². The average Bonchev–Trinajstić information content (AvgIpc) is 2.84. The highest BCUT2D eigenvalue weighted by Crippen LogP contribution is 2.46. The molecule has 0 amide bonds. The summed E-state index contributed by atoms with van der Waals surface area (Å²) in [7, 11) is 0. The van der Waals surface area contributed by atoms with Crippen LogP contribution in [0.15, 0.2) is 12.3 Å². The van der Waals surface area contributed by atoms with E-state index in [0.717, 1.165) is 4.68 Å². The second-order valence-corrected chi connectivity index (χ2v) is 5.62. The summed E-state index contributed by atoms with van der Waals surface area (Å²) in [6.45, 7) is 5.10. The van der Waals surface area contributed by atoms with E-state index < -0.39 is 29.9 Å². The van der Waals surface area contributed by atoms with Gasteiger partial charge in [-0.2, -0.15) is 17.9 Å². The highest BCUT2D eigenvalue weighted by molar-refractivity contribution is 5.69. The van der Waals surface area contributed by atoms with Crippen LogP contribution in [-0.4, -0.2) is 33.8 Å². The number of aromatic nitrogens is 2. The molecule has 0 bridgehead atoms. The minimum Gasteiger partial charge on any atom is -0.473 e. The summed E-state index contributed by atoms with van der Waals surface area (Å²) in [6.07, 6.45) is -4.68. The van der Waals surface area contributed by atoms with Crippen molar-refractivity contribution in [3.8, 4) is 5.88 Å². The van der Waals surface area contributed by atoms with Gasteiger partial charge in [0.1, 0.15) is 11.7 Å². The number of halogens is 3. The van der Waals surface area contributed by atoms with Crippen LogP contribution in [0, 0.1) is 5.92 Å². The molecule has 1 fully saturated rings. The minimum absolute atomic E-state index is 0.0207. The number of nitrogens with zero attached hydrogens (tertiary/aromatic N) is 2. The second-order valence-electron chi connectivity index (χ2n) is 5.62. The molecule has 0 aromatic carbocycles. The lowest BCUT2D eigenvalue weighted by Gasteiger charge is -2.18. The summed E-state index contributed by atoms with van der Waals surface area (Å²) < 4.78 is 48.0. The van der Waals surface area contributed by atoms with Crippen LogP contribution < -0.4 is 4.74 Å². The number of hydrogen-bond acceptors (Lipinski definition) is 4. The first-order chi connectivity index (χ1) is 9.06. The molecule has 2 atom stereocenters. The van der Waals surface area contributed by atoms with Crippen LogP contribution in [0.1, 0.15) is 27.2 Å². The molecule has 2 rings (SSSR count). The summed E-state index contributed by atoms with van der Waals surface area (Å²) in [5.74, 6) is -1.47. The van der Waals surface area contributed by atoms with Crippen molar-refractivity contribution in [1.82, 2.24) is 9.78 Å². The molecule has 5 nitrogen and oxygen atoms in total. The predicted molar refractivity (Wildman–Crippen MR) is 62.4 cm³/mol. The Balaban J connectivity index is 1.92. The van der Waals surface area contributed by atoms with Gasteiger partial charge in [-0.1, -0.05) is 0 Å². The van der Waals surface area contributed by atoms with Gasteiger partial charge in [-0.15, -0.1) is 5.10 Å². The van der Waals surface area contributed by atoms with Crippen LogP contribution in [0.25, 0.3) is 0 Å². The standard InChI is InChI=1S/C12H15F3N2O3/c1-11(2,3)20-10(18)17-5-4-9(16-17)19-8-6-7(8)12(13,14)15/h4-5,7-8H,6H2,1-3H3/t7-,8?/m1/s1. The van der Waals surface area contributed by atoms with E-state index in [2.05, 4.69) is 5.10 Å². The predicted octanol–water partition coefficient (Wildman–Crippen LogP) is 3.00. The number of rotatable bonds is 2. The van der Waals surface area contributed by atoms with Gasteiger partial charge >= 0.3 is 12.3 Å². The van der Waals surface area contributed by atoms with Crippen LogP contribution >= 0.6 is 0 Å². The van der Waals surface area contributed by atoms with Crippen molar-refractivity contribution in [3.63, 3.8) is 0 Å². The van der Waals surface area contributed by atoms with Crippen LogP contribution in [-0.2, 0) is 4.74 Å². The fraction of sp³-hybridized carbons (Fsp3) is 0.667. The number of alkyl halides is 3. The second kappa shape index (κ2) is 4.68. The van der Waals surface area contributed by atoms with Gasteiger partial charge in [0.05, 0.1) is 5.92 Å². The highest BCUT2D eigenvalue weighted by Gasteiger charge is 2.57. The Morgan fingerprint density at radius 1 is 1.40 bits per heavy atom. The Morgan fingerprint density at radius 3 is 2.55 bits per heavy atom. The van der Waals surface area contributed by atoms with E-state index in [-0.39, 0.29) is 12.3 Å². The van der Waals surface area contributed by atoms with Gasteiger partial charge in [-0.3, -0.25) is 0 Å². The lowest BCUT2D eigenvalue weighted by Crippen LogP contribution is -2.27. The molecule has 1 saturated carbocycles. The molecule has 112 valence electrons. The van der Waals surface area contributed by atoms with E-state index in [4.69, 9.17) is 9.47 Å². The third-order valence-electron chi connectivity index (χ3n) is 2.57. The average molecular weight is 292 g/mol. The Labute approximate surface area is 113 Å². The van der Waals surface area contributed by atoms with E-state index in [1.807, 2.05) is 0 Å². The van der Waals surface area contributed by atoms with Crippen LogP contribution in [0.2, 0.25) is 0 Å². The molecule has 0 spiro atoms. The van der Waals surface area contributed by atoms with Gasteiger partial charge in [-0.05, 0) is 27.2 Å². The highest BCUT2D eigenvalue weighted by atomic mass is 19.4. The molecule has 0 saturated heterocycles. The van der Waals surface area contributed by atoms with Crippen molar-refractivity contribution in [3.05, 3.63) is 12.3 Å². The third-order valence-corrected chi connectivity index (χ3v) is 2.57. The molecule has 1 heterocycles. The van der Waals surface area contributed by atoms with Crippen LogP contribution in [0.4, 0.5) is 18.0 Å². The molecule has 0 N–H and O–H groups in total. The molecule has 20 heavy (non-hydrogen) atoms. The zero-order chi connectivity index (χ0) is 15.1. The number of carbonyl (C=O) groups excluding carboxylic acids is 1. The molecule has 1 aromatic heterocycles. The van der Waals surface area contributed by atoms with Gasteiger partial charge in [0, 0.05) is 12.3 Å². The SMILES string of the molecule is CC(C)(C)OC(=O)n1ccc(OC2C[C@H]2C(F)(F)F)n1. The van der Waals surface area contributed by atoms with E-state index in [0.29, 0.717) is 0 Å². The van der Waals surface area contributed by atoms with E-state index in [9.17, 15) is 18.0 Å². The van der Waals surface area contributed by atoms with Gasteiger partial charge in [0.2, 0.25) is 5.88 Å². The van der Waals surface area contributed by atoms with Gasteiger partial charge in [0.15, 0.2) is 0 Å². The quantitative estimate of drug-likeness (QED) is 0.841. The van der Waals surface area contributed by atoms with Crippen LogP contribution in [0.3, 0.4) is 0 Å². The first kappa shape index (κ1) is 14.7. The third kappa shape index (κ3) is 3.64. The Morgan fingerprint density at radius 2 is 2.05 bits per heavy atom. The molecule has 1 aliphatic rings. The molecule has 8 heteroatoms. The molecular weight excluding hydrogens is 277 g/mol. The lowest BCUT2D eigenvalue weighted by atomic mass is 10.2. The normalized spacial score (nSPS) is 22.5. The maximum Gasteiger partial charge on any atom is 0.435 e. The van der Waals surface area contributed by atoms with Gasteiger partial charge < -0.3 is 9.47 Å². The van der Waals surface area contributed by atoms with Crippen molar-refractivity contribution in [2.45, 2.75) is 45.1 Å². The van der Waals surface area contributed by atoms with Crippen molar-refractivity contribution in [2.75, 3.05) is 0 Å². The molecule has 1 aliphatic carbocycles. The monoisotopic (exact) mass is 292 g/mol. The summed E-state index contributed by atoms with van der Waals surface area (Å²) in [5, 5.41) is 3.74. The van der Waals surface area contributed by atoms with Gasteiger partial charge in [-0.25, -0.2) is 4.79 Å². The van der Waals surface area contributed by atoms with Crippen molar-refractivity contribution in [1.29, 1.82) is 0 Å². The molecular formula is C12H15F3N2O3. The maximum absolute atomic E-state index is 12.3. The first-order valence-electron chi connectivity index (χ1n) is 6.09. The summed E-state index contributed by atoms with van der Waals surface area (Å²) >= 11 is 0. The maximum atomic E-state index is 12.3. The summed E-state index contributed by atoms with van der Waals surface area (Å²) in [6, 6.07) is 1.33. The fourth-order valence-electron chi connectivity index (χ4n) is 1.58. The van der Waals surface area contributed by atoms with Crippen molar-refractivity contribution in [2.24, 2.45) is 5.92 Å². The molecule has 0 aliphatic heterocycles. The molecule has 1 aromatic rings. The zero-order valence-corrected chi connectivity index (χ0v) is 11.3. The molecule has 0 radical (unpaired) electrons. The smallest absolute Gasteiger partial charge is 0.435 e.